The van der Waals surface area contributed by atoms with Crippen LogP contribution in [0.1, 0.15) is 66.7 Å². The molecule has 1 atom stereocenters. The minimum absolute atomic E-state index is 0.0965. The van der Waals surface area contributed by atoms with E-state index in [2.05, 4.69) is 20.7 Å². The van der Waals surface area contributed by atoms with E-state index in [1.165, 1.54) is 6.20 Å². The second kappa shape index (κ2) is 9.15. The van der Waals surface area contributed by atoms with E-state index >= 15 is 0 Å². The van der Waals surface area contributed by atoms with Crippen molar-refractivity contribution < 1.29 is 19.4 Å². The highest BCUT2D eigenvalue weighted by atomic mass is 16.5. The minimum atomic E-state index is -0.890. The molecule has 29 heavy (non-hydrogen) atoms. The van der Waals surface area contributed by atoms with Crippen LogP contribution in [0.15, 0.2) is 30.6 Å². The molecule has 156 valence electrons. The van der Waals surface area contributed by atoms with Crippen LogP contribution in [0.5, 0.6) is 0 Å². The number of aliphatic hydroxyl groups is 1. The van der Waals surface area contributed by atoms with Gasteiger partial charge in [0.25, 0.3) is 11.8 Å². The predicted octanol–water partition coefficient (Wildman–Crippen LogP) is 2.12. The van der Waals surface area contributed by atoms with E-state index in [9.17, 15) is 14.7 Å². The lowest BCUT2D eigenvalue weighted by molar-refractivity contribution is -0.0395. The molecule has 0 radical (unpaired) electrons. The van der Waals surface area contributed by atoms with Gasteiger partial charge in [-0.25, -0.2) is 4.68 Å². The number of nitrogens with one attached hydrogen (secondary N) is 2. The number of amides is 2. The molecule has 1 fully saturated rings. The third-order valence-electron chi connectivity index (χ3n) is 4.57. The van der Waals surface area contributed by atoms with Crippen LogP contribution in [0.2, 0.25) is 0 Å². The van der Waals surface area contributed by atoms with Crippen molar-refractivity contribution in [3.05, 3.63) is 42.0 Å². The molecule has 9 heteroatoms. The molecule has 2 aromatic rings. The number of pyridine rings is 1. The maximum Gasteiger partial charge on any atom is 0.274 e. The molecule has 2 aromatic heterocycles. The van der Waals surface area contributed by atoms with Crippen molar-refractivity contribution in [2.45, 2.75) is 51.4 Å². The lowest BCUT2D eigenvalue weighted by Crippen LogP contribution is -2.31. The molecular formula is C20H27N5O4. The van der Waals surface area contributed by atoms with Gasteiger partial charge in [0, 0.05) is 19.3 Å². The van der Waals surface area contributed by atoms with Gasteiger partial charge in [-0.3, -0.25) is 14.6 Å². The van der Waals surface area contributed by atoms with E-state index < -0.39 is 17.4 Å². The first-order valence-electron chi connectivity index (χ1n) is 9.77. The first kappa shape index (κ1) is 20.9. The number of hydrogen-bond acceptors (Lipinski definition) is 6. The van der Waals surface area contributed by atoms with E-state index in [1.807, 2.05) is 0 Å². The molecule has 1 aliphatic rings. The summed E-state index contributed by atoms with van der Waals surface area (Å²) in [5.41, 5.74) is -0.268. The third kappa shape index (κ3) is 5.85. The van der Waals surface area contributed by atoms with Crippen molar-refractivity contribution in [1.29, 1.82) is 0 Å². The Hall–Kier alpha value is -2.78. The second-order valence-corrected chi connectivity index (χ2v) is 7.68. The molecule has 3 heterocycles. The summed E-state index contributed by atoms with van der Waals surface area (Å²) in [6, 6.07) is 5.02. The number of rotatable bonds is 7. The number of ether oxygens (including phenoxy) is 1. The molecular weight excluding hydrogens is 374 g/mol. The highest BCUT2D eigenvalue weighted by Crippen LogP contribution is 2.25. The van der Waals surface area contributed by atoms with Gasteiger partial charge >= 0.3 is 0 Å². The van der Waals surface area contributed by atoms with Crippen LogP contribution in [-0.2, 0) is 4.74 Å². The summed E-state index contributed by atoms with van der Waals surface area (Å²) in [5.74, 6) is -0.861. The van der Waals surface area contributed by atoms with Gasteiger partial charge in [0.1, 0.15) is 11.9 Å². The molecule has 1 aliphatic heterocycles. The SMILES string of the molecule is CC(C)(O)CCNC(=O)c1nn(C2CCCCO2)cc1NC(=O)c1ccccn1. The van der Waals surface area contributed by atoms with Crippen LogP contribution < -0.4 is 10.6 Å². The van der Waals surface area contributed by atoms with Crippen LogP contribution in [0.25, 0.3) is 0 Å². The molecule has 0 bridgehead atoms. The van der Waals surface area contributed by atoms with Crippen LogP contribution in [-0.4, -0.2) is 50.4 Å². The van der Waals surface area contributed by atoms with Gasteiger partial charge in [-0.2, -0.15) is 5.10 Å². The van der Waals surface area contributed by atoms with Crippen molar-refractivity contribution in [3.63, 3.8) is 0 Å². The Morgan fingerprint density at radius 1 is 1.31 bits per heavy atom. The Morgan fingerprint density at radius 3 is 2.79 bits per heavy atom. The summed E-state index contributed by atoms with van der Waals surface area (Å²) in [4.78, 5) is 29.2. The summed E-state index contributed by atoms with van der Waals surface area (Å²) in [5, 5.41) is 19.7. The summed E-state index contributed by atoms with van der Waals surface area (Å²) in [7, 11) is 0. The predicted molar refractivity (Wildman–Crippen MR) is 107 cm³/mol. The van der Waals surface area contributed by atoms with Gasteiger partial charge in [0.2, 0.25) is 0 Å². The van der Waals surface area contributed by atoms with Crippen molar-refractivity contribution in [3.8, 4) is 0 Å². The molecule has 0 spiro atoms. The monoisotopic (exact) mass is 401 g/mol. The van der Waals surface area contributed by atoms with Gasteiger partial charge in [-0.15, -0.1) is 0 Å². The number of carbonyl (C=O) groups is 2. The molecule has 0 saturated carbocycles. The van der Waals surface area contributed by atoms with Gasteiger partial charge in [-0.1, -0.05) is 6.07 Å². The van der Waals surface area contributed by atoms with Crippen LogP contribution in [0, 0.1) is 0 Å². The summed E-state index contributed by atoms with van der Waals surface area (Å²) >= 11 is 0. The Bertz CT molecular complexity index is 838. The number of carbonyl (C=O) groups excluding carboxylic acids is 2. The molecule has 1 unspecified atom stereocenters. The molecule has 3 rings (SSSR count). The molecule has 1 saturated heterocycles. The van der Waals surface area contributed by atoms with Gasteiger partial charge in [0.15, 0.2) is 5.69 Å². The topological polar surface area (TPSA) is 118 Å². The van der Waals surface area contributed by atoms with E-state index in [0.29, 0.717) is 13.0 Å². The Kier molecular flexibility index (Phi) is 6.60. The largest absolute Gasteiger partial charge is 0.390 e. The normalized spacial score (nSPS) is 17.0. The van der Waals surface area contributed by atoms with Gasteiger partial charge < -0.3 is 20.5 Å². The first-order valence-corrected chi connectivity index (χ1v) is 9.77. The average molecular weight is 401 g/mol. The second-order valence-electron chi connectivity index (χ2n) is 7.68. The number of anilines is 1. The van der Waals surface area contributed by atoms with Gasteiger partial charge in [0.05, 0.1) is 17.5 Å². The van der Waals surface area contributed by atoms with E-state index in [-0.39, 0.29) is 29.8 Å². The Morgan fingerprint density at radius 2 is 2.14 bits per heavy atom. The quantitative estimate of drug-likeness (QED) is 0.654. The molecule has 0 aliphatic carbocycles. The van der Waals surface area contributed by atoms with Crippen molar-refractivity contribution in [2.75, 3.05) is 18.5 Å². The zero-order valence-corrected chi connectivity index (χ0v) is 16.7. The minimum Gasteiger partial charge on any atom is -0.390 e. The summed E-state index contributed by atoms with van der Waals surface area (Å²) in [6.45, 7) is 4.26. The highest BCUT2D eigenvalue weighted by Gasteiger charge is 2.24. The van der Waals surface area contributed by atoms with Crippen molar-refractivity contribution in [1.82, 2.24) is 20.1 Å². The lowest BCUT2D eigenvalue weighted by Gasteiger charge is -2.22. The lowest BCUT2D eigenvalue weighted by atomic mass is 10.1. The van der Waals surface area contributed by atoms with Crippen molar-refractivity contribution in [2.24, 2.45) is 0 Å². The van der Waals surface area contributed by atoms with Gasteiger partial charge in [-0.05, 0) is 51.7 Å². The third-order valence-corrected chi connectivity index (χ3v) is 4.57. The first-order chi connectivity index (χ1) is 13.8. The molecule has 0 aromatic carbocycles. The number of hydrogen-bond donors (Lipinski definition) is 3. The van der Waals surface area contributed by atoms with E-state index in [0.717, 1.165) is 19.3 Å². The number of nitrogens with zero attached hydrogens (tertiary/aromatic N) is 3. The summed E-state index contributed by atoms with van der Waals surface area (Å²) < 4.78 is 7.32. The standard InChI is InChI=1S/C20H27N5O4/c1-20(2,28)9-11-22-19(27)17-15(23-18(26)14-7-3-5-10-21-14)13-25(24-17)16-8-4-6-12-29-16/h3,5,7,10,13,16,28H,4,6,8-9,11-12H2,1-2H3,(H,22,27)(H,23,26). The maximum absolute atomic E-state index is 12.7. The Labute approximate surface area is 169 Å². The fraction of sp³-hybridized carbons (Fsp3) is 0.500. The van der Waals surface area contributed by atoms with Crippen LogP contribution >= 0.6 is 0 Å². The maximum atomic E-state index is 12.7. The number of aromatic nitrogens is 3. The zero-order chi connectivity index (χ0) is 20.9. The fourth-order valence-corrected chi connectivity index (χ4v) is 2.98. The zero-order valence-electron chi connectivity index (χ0n) is 16.7. The van der Waals surface area contributed by atoms with Crippen molar-refractivity contribution >= 4 is 17.5 Å². The molecule has 3 N–H and O–H groups in total. The molecule has 2 amide bonds. The average Bonchev–Trinajstić information content (AvgIpc) is 3.12. The highest BCUT2D eigenvalue weighted by molar-refractivity contribution is 6.07. The smallest absolute Gasteiger partial charge is 0.274 e. The Balaban J connectivity index is 1.79. The summed E-state index contributed by atoms with van der Waals surface area (Å²) in [6.07, 6.45) is 6.04. The molecule has 9 nitrogen and oxygen atoms in total. The van der Waals surface area contributed by atoms with Crippen LogP contribution in [0.4, 0.5) is 5.69 Å². The fourth-order valence-electron chi connectivity index (χ4n) is 2.98. The van der Waals surface area contributed by atoms with E-state index in [1.54, 1.807) is 42.9 Å². The van der Waals surface area contributed by atoms with E-state index in [4.69, 9.17) is 4.74 Å². The van der Waals surface area contributed by atoms with Crippen LogP contribution in [0.3, 0.4) is 0 Å².